The van der Waals surface area contributed by atoms with Gasteiger partial charge < -0.3 is 9.64 Å². The summed E-state index contributed by atoms with van der Waals surface area (Å²) in [5, 5.41) is 8.46. The third kappa shape index (κ3) is 3.39. The number of anilines is 1. The number of aromatic nitrogens is 3. The van der Waals surface area contributed by atoms with Crippen LogP contribution in [-0.2, 0) is 11.3 Å². The summed E-state index contributed by atoms with van der Waals surface area (Å²) in [5.74, 6) is -0.240. The summed E-state index contributed by atoms with van der Waals surface area (Å²) in [6, 6.07) is 14.8. The van der Waals surface area contributed by atoms with Crippen molar-refractivity contribution in [1.29, 1.82) is 0 Å². The van der Waals surface area contributed by atoms with E-state index in [0.29, 0.717) is 13.2 Å². The van der Waals surface area contributed by atoms with E-state index >= 15 is 0 Å². The van der Waals surface area contributed by atoms with Gasteiger partial charge in [0.2, 0.25) is 0 Å². The van der Waals surface area contributed by atoms with Gasteiger partial charge >= 0.3 is 0 Å². The number of aryl methyl sites for hydroxylation is 1. The summed E-state index contributed by atoms with van der Waals surface area (Å²) >= 11 is 0. The smallest absolute Gasteiger partial charge is 0.177 e. The number of ether oxygens (including phenoxy) is 1. The van der Waals surface area contributed by atoms with Crippen LogP contribution >= 0.6 is 0 Å². The zero-order valence-electron chi connectivity index (χ0n) is 14.0. The average molecular weight is 338 g/mol. The van der Waals surface area contributed by atoms with Crippen LogP contribution in [0.5, 0.6) is 0 Å². The molecule has 6 heteroatoms. The number of rotatable bonds is 4. The molecular formula is C19H19FN4O. The first-order valence-corrected chi connectivity index (χ1v) is 8.28. The molecule has 4 rings (SSSR count). The summed E-state index contributed by atoms with van der Waals surface area (Å²) in [6.45, 7) is 4.09. The summed E-state index contributed by atoms with van der Waals surface area (Å²) in [4.78, 5) is 2.19. The maximum atomic E-state index is 13.0. The maximum absolute atomic E-state index is 13.0. The van der Waals surface area contributed by atoms with Crippen LogP contribution in [0.2, 0.25) is 0 Å². The van der Waals surface area contributed by atoms with Crippen LogP contribution in [0.1, 0.15) is 23.0 Å². The van der Waals surface area contributed by atoms with Gasteiger partial charge in [-0.05, 0) is 36.8 Å². The van der Waals surface area contributed by atoms with E-state index in [2.05, 4.69) is 46.4 Å². The number of nitrogens with zero attached hydrogens (tertiary/aromatic N) is 4. The van der Waals surface area contributed by atoms with Gasteiger partial charge in [-0.25, -0.2) is 9.07 Å². The Morgan fingerprint density at radius 1 is 1.12 bits per heavy atom. The molecule has 1 atom stereocenters. The lowest BCUT2D eigenvalue weighted by Crippen LogP contribution is -2.23. The number of hydrogen-bond acceptors (Lipinski definition) is 4. The Kier molecular flexibility index (Phi) is 4.19. The van der Waals surface area contributed by atoms with Crippen molar-refractivity contribution in [2.75, 3.05) is 18.1 Å². The van der Waals surface area contributed by atoms with Crippen molar-refractivity contribution in [3.63, 3.8) is 0 Å². The fourth-order valence-electron chi connectivity index (χ4n) is 3.00. The van der Waals surface area contributed by atoms with Crippen molar-refractivity contribution >= 4 is 5.69 Å². The fraction of sp³-hybridized carbons (Fsp3) is 0.263. The van der Waals surface area contributed by atoms with Gasteiger partial charge in [0.15, 0.2) is 6.23 Å². The van der Waals surface area contributed by atoms with E-state index in [4.69, 9.17) is 4.74 Å². The molecule has 3 aromatic rings. The molecule has 1 aliphatic rings. The van der Waals surface area contributed by atoms with Gasteiger partial charge in [0.25, 0.3) is 0 Å². The minimum absolute atomic E-state index is 0.232. The molecule has 0 bridgehead atoms. The second-order valence-corrected chi connectivity index (χ2v) is 6.22. The standard InChI is InChI=1S/C19H19FN4O/c1-14-2-8-17(9-3-14)24-10-11-25-19(24)18-13-23(22-21-18)12-15-4-6-16(20)7-5-15/h2-9,13,19H,10-12H2,1H3. The number of halogens is 1. The van der Waals surface area contributed by atoms with E-state index in [0.717, 1.165) is 23.5 Å². The lowest BCUT2D eigenvalue weighted by atomic mass is 10.2. The molecule has 1 unspecified atom stereocenters. The highest BCUT2D eigenvalue weighted by Gasteiger charge is 2.29. The third-order valence-electron chi connectivity index (χ3n) is 4.32. The van der Waals surface area contributed by atoms with E-state index < -0.39 is 0 Å². The maximum Gasteiger partial charge on any atom is 0.177 e. The van der Waals surface area contributed by atoms with Gasteiger partial charge in [-0.15, -0.1) is 5.10 Å². The van der Waals surface area contributed by atoms with Gasteiger partial charge in [0.05, 0.1) is 19.3 Å². The van der Waals surface area contributed by atoms with E-state index in [1.165, 1.54) is 17.7 Å². The molecule has 1 saturated heterocycles. The highest BCUT2D eigenvalue weighted by molar-refractivity contribution is 5.49. The Morgan fingerprint density at radius 2 is 1.88 bits per heavy atom. The van der Waals surface area contributed by atoms with Crippen LogP contribution in [0.15, 0.2) is 54.7 Å². The zero-order chi connectivity index (χ0) is 17.2. The van der Waals surface area contributed by atoms with E-state index in [1.54, 1.807) is 16.8 Å². The molecule has 0 spiro atoms. The molecule has 0 amide bonds. The summed E-state index contributed by atoms with van der Waals surface area (Å²) in [6.07, 6.45) is 1.66. The molecule has 128 valence electrons. The van der Waals surface area contributed by atoms with Gasteiger partial charge in [-0.1, -0.05) is 35.0 Å². The van der Waals surface area contributed by atoms with Crippen LogP contribution in [0.25, 0.3) is 0 Å². The van der Waals surface area contributed by atoms with Crippen LogP contribution in [-0.4, -0.2) is 28.1 Å². The predicted molar refractivity (Wildman–Crippen MR) is 92.7 cm³/mol. The first kappa shape index (κ1) is 15.8. The van der Waals surface area contributed by atoms with Crippen LogP contribution in [0, 0.1) is 12.7 Å². The van der Waals surface area contributed by atoms with E-state index in [1.807, 2.05) is 6.20 Å². The highest BCUT2D eigenvalue weighted by Crippen LogP contribution is 2.31. The molecule has 2 heterocycles. The second kappa shape index (κ2) is 6.64. The topological polar surface area (TPSA) is 43.2 Å². The van der Waals surface area contributed by atoms with Crippen LogP contribution < -0.4 is 4.90 Å². The first-order valence-electron chi connectivity index (χ1n) is 8.28. The number of hydrogen-bond donors (Lipinski definition) is 0. The summed E-state index contributed by atoms with van der Waals surface area (Å²) < 4.78 is 20.6. The largest absolute Gasteiger partial charge is 0.350 e. The quantitative estimate of drug-likeness (QED) is 0.732. The fourth-order valence-corrected chi connectivity index (χ4v) is 3.00. The lowest BCUT2D eigenvalue weighted by molar-refractivity contribution is 0.110. The molecule has 5 nitrogen and oxygen atoms in total. The van der Waals surface area contributed by atoms with Gasteiger partial charge in [-0.3, -0.25) is 0 Å². The minimum Gasteiger partial charge on any atom is -0.350 e. The third-order valence-corrected chi connectivity index (χ3v) is 4.32. The molecule has 2 aromatic carbocycles. The van der Waals surface area contributed by atoms with Crippen molar-refractivity contribution in [1.82, 2.24) is 15.0 Å². The monoisotopic (exact) mass is 338 g/mol. The molecule has 0 radical (unpaired) electrons. The molecule has 0 aliphatic carbocycles. The number of benzene rings is 2. The second-order valence-electron chi connectivity index (χ2n) is 6.22. The van der Waals surface area contributed by atoms with Crippen molar-refractivity contribution in [3.05, 3.63) is 77.4 Å². The molecule has 0 saturated carbocycles. The first-order chi connectivity index (χ1) is 12.2. The normalized spacial score (nSPS) is 17.2. The average Bonchev–Trinajstić information content (AvgIpc) is 3.27. The molecular weight excluding hydrogens is 319 g/mol. The predicted octanol–water partition coefficient (Wildman–Crippen LogP) is 3.31. The van der Waals surface area contributed by atoms with E-state index in [-0.39, 0.29) is 12.0 Å². The van der Waals surface area contributed by atoms with Crippen molar-refractivity contribution in [3.8, 4) is 0 Å². The molecule has 25 heavy (non-hydrogen) atoms. The SMILES string of the molecule is Cc1ccc(N2CCOC2c2cn(Cc3ccc(F)cc3)nn2)cc1. The molecule has 0 N–H and O–H groups in total. The van der Waals surface area contributed by atoms with Gasteiger partial charge in [0.1, 0.15) is 11.5 Å². The molecule has 1 aromatic heterocycles. The Hall–Kier alpha value is -2.73. The molecule has 1 aliphatic heterocycles. The van der Waals surface area contributed by atoms with E-state index in [9.17, 15) is 4.39 Å². The summed E-state index contributed by atoms with van der Waals surface area (Å²) in [5.41, 5.74) is 4.09. The van der Waals surface area contributed by atoms with Gasteiger partial charge in [-0.2, -0.15) is 0 Å². The Labute approximate surface area is 145 Å². The van der Waals surface area contributed by atoms with Crippen molar-refractivity contribution < 1.29 is 9.13 Å². The zero-order valence-corrected chi connectivity index (χ0v) is 14.0. The van der Waals surface area contributed by atoms with Crippen LogP contribution in [0.3, 0.4) is 0 Å². The Bertz CT molecular complexity index is 845. The van der Waals surface area contributed by atoms with Crippen molar-refractivity contribution in [2.45, 2.75) is 19.7 Å². The Balaban J connectivity index is 1.52. The van der Waals surface area contributed by atoms with Gasteiger partial charge in [0, 0.05) is 12.2 Å². The van der Waals surface area contributed by atoms with Crippen molar-refractivity contribution in [2.24, 2.45) is 0 Å². The minimum atomic E-state index is -0.240. The molecule has 1 fully saturated rings. The lowest BCUT2D eigenvalue weighted by Gasteiger charge is -2.23. The highest BCUT2D eigenvalue weighted by atomic mass is 19.1. The van der Waals surface area contributed by atoms with Crippen LogP contribution in [0.4, 0.5) is 10.1 Å². The summed E-state index contributed by atoms with van der Waals surface area (Å²) in [7, 11) is 0. The Morgan fingerprint density at radius 3 is 2.64 bits per heavy atom.